The topological polar surface area (TPSA) is 72.7 Å². The maximum Gasteiger partial charge on any atom is 0.240 e. The molecule has 152 valence electrons. The van der Waals surface area contributed by atoms with Crippen LogP contribution in [-0.2, 0) is 13.2 Å². The van der Waals surface area contributed by atoms with Crippen LogP contribution in [0.4, 0.5) is 4.39 Å². The van der Waals surface area contributed by atoms with Crippen LogP contribution in [0.5, 0.6) is 11.5 Å². The Morgan fingerprint density at radius 1 is 1.21 bits per heavy atom. The van der Waals surface area contributed by atoms with Crippen molar-refractivity contribution in [1.29, 1.82) is 0 Å². The van der Waals surface area contributed by atoms with Gasteiger partial charge in [-0.2, -0.15) is 4.98 Å². The van der Waals surface area contributed by atoms with E-state index in [9.17, 15) is 4.39 Å². The summed E-state index contributed by atoms with van der Waals surface area (Å²) in [5.41, 5.74) is 1.13. The molecule has 0 bridgehead atoms. The van der Waals surface area contributed by atoms with E-state index in [1.807, 2.05) is 18.2 Å². The zero-order valence-electron chi connectivity index (χ0n) is 16.2. The Bertz CT molecular complexity index is 932. The smallest absolute Gasteiger partial charge is 0.240 e. The molecular formula is C21H23FN4O3. The first kappa shape index (κ1) is 19.4. The first-order chi connectivity index (χ1) is 14.2. The molecule has 1 N–H and O–H groups in total. The largest absolute Gasteiger partial charge is 0.496 e. The second-order valence-electron chi connectivity index (χ2n) is 6.78. The zero-order chi connectivity index (χ0) is 20.1. The Kier molecular flexibility index (Phi) is 6.02. The number of nitrogens with one attached hydrogen (secondary N) is 1. The van der Waals surface area contributed by atoms with E-state index in [4.69, 9.17) is 14.0 Å². The molecule has 1 unspecified atom stereocenters. The predicted molar refractivity (Wildman–Crippen MR) is 104 cm³/mol. The van der Waals surface area contributed by atoms with Gasteiger partial charge in [-0.3, -0.25) is 4.90 Å². The van der Waals surface area contributed by atoms with Gasteiger partial charge in [-0.1, -0.05) is 23.4 Å². The normalized spacial score (nSPS) is 17.2. The molecule has 2 aromatic carbocycles. The summed E-state index contributed by atoms with van der Waals surface area (Å²) in [6.07, 6.45) is 0. The molecule has 3 aromatic rings. The molecule has 7 nitrogen and oxygen atoms in total. The number of para-hydroxylation sites is 1. The Balaban J connectivity index is 1.41. The molecule has 1 aliphatic rings. The lowest BCUT2D eigenvalue weighted by Gasteiger charge is -2.36. The summed E-state index contributed by atoms with van der Waals surface area (Å²) < 4.78 is 29.5. The minimum Gasteiger partial charge on any atom is -0.496 e. The first-order valence-corrected chi connectivity index (χ1v) is 9.50. The maximum absolute atomic E-state index is 13.0. The number of benzene rings is 2. The molecule has 0 spiro atoms. The molecule has 0 amide bonds. The Labute approximate surface area is 168 Å². The van der Waals surface area contributed by atoms with Crippen molar-refractivity contribution < 1.29 is 18.4 Å². The molecule has 0 saturated carbocycles. The summed E-state index contributed by atoms with van der Waals surface area (Å²) in [6, 6.07) is 14.0. The van der Waals surface area contributed by atoms with Crippen molar-refractivity contribution >= 4 is 0 Å². The van der Waals surface area contributed by atoms with Crippen LogP contribution < -0.4 is 14.8 Å². The number of aromatic nitrogens is 2. The number of hydrogen-bond acceptors (Lipinski definition) is 7. The van der Waals surface area contributed by atoms with E-state index >= 15 is 0 Å². The summed E-state index contributed by atoms with van der Waals surface area (Å²) in [7, 11) is 1.69. The predicted octanol–water partition coefficient (Wildman–Crippen LogP) is 2.94. The van der Waals surface area contributed by atoms with Gasteiger partial charge in [0.1, 0.15) is 17.3 Å². The number of nitrogens with zero attached hydrogens (tertiary/aromatic N) is 3. The Morgan fingerprint density at radius 2 is 2.03 bits per heavy atom. The lowest BCUT2D eigenvalue weighted by Crippen LogP contribution is -2.45. The van der Waals surface area contributed by atoms with E-state index in [0.29, 0.717) is 24.0 Å². The van der Waals surface area contributed by atoms with Crippen LogP contribution in [-0.4, -0.2) is 41.8 Å². The number of piperazine rings is 1. The Morgan fingerprint density at radius 3 is 2.86 bits per heavy atom. The summed E-state index contributed by atoms with van der Waals surface area (Å²) in [5.74, 6) is 2.10. The fourth-order valence-electron chi connectivity index (χ4n) is 3.45. The zero-order valence-corrected chi connectivity index (χ0v) is 16.2. The van der Waals surface area contributed by atoms with Crippen LogP contribution in [0.25, 0.3) is 0 Å². The number of methoxy groups -OCH3 is 1. The number of rotatable bonds is 7. The fraction of sp³-hybridized carbons (Fsp3) is 0.333. The van der Waals surface area contributed by atoms with Gasteiger partial charge in [-0.25, -0.2) is 4.39 Å². The maximum atomic E-state index is 13.0. The van der Waals surface area contributed by atoms with Gasteiger partial charge in [0.25, 0.3) is 0 Å². The lowest BCUT2D eigenvalue weighted by molar-refractivity contribution is 0.133. The summed E-state index contributed by atoms with van der Waals surface area (Å²) in [5, 5.41) is 7.43. The van der Waals surface area contributed by atoms with E-state index < -0.39 is 0 Å². The highest BCUT2D eigenvalue weighted by molar-refractivity contribution is 5.36. The van der Waals surface area contributed by atoms with Gasteiger partial charge >= 0.3 is 0 Å². The molecule has 8 heteroatoms. The molecule has 1 aromatic heterocycles. The molecule has 1 fully saturated rings. The van der Waals surface area contributed by atoms with Gasteiger partial charge in [-0.15, -0.1) is 0 Å². The van der Waals surface area contributed by atoms with Crippen LogP contribution in [0.2, 0.25) is 0 Å². The van der Waals surface area contributed by atoms with Crippen molar-refractivity contribution in [2.75, 3.05) is 26.7 Å². The quantitative estimate of drug-likeness (QED) is 0.656. The summed E-state index contributed by atoms with van der Waals surface area (Å²) in [4.78, 5) is 6.74. The third-order valence-electron chi connectivity index (χ3n) is 4.88. The molecular weight excluding hydrogens is 375 g/mol. The van der Waals surface area contributed by atoms with Gasteiger partial charge < -0.3 is 19.3 Å². The lowest BCUT2D eigenvalue weighted by atomic mass is 10.0. The number of hydrogen-bond donors (Lipinski definition) is 1. The highest BCUT2D eigenvalue weighted by atomic mass is 19.1. The molecule has 2 heterocycles. The van der Waals surface area contributed by atoms with Gasteiger partial charge in [0, 0.05) is 25.2 Å². The van der Waals surface area contributed by atoms with Gasteiger partial charge in [0.05, 0.1) is 19.7 Å². The molecule has 29 heavy (non-hydrogen) atoms. The van der Waals surface area contributed by atoms with Crippen LogP contribution in [0.15, 0.2) is 53.1 Å². The van der Waals surface area contributed by atoms with E-state index in [0.717, 1.165) is 30.9 Å². The molecule has 1 saturated heterocycles. The number of ether oxygens (including phenoxy) is 2. The van der Waals surface area contributed by atoms with Crippen molar-refractivity contribution in [2.45, 2.75) is 19.2 Å². The van der Waals surface area contributed by atoms with Crippen LogP contribution in [0.3, 0.4) is 0 Å². The first-order valence-electron chi connectivity index (χ1n) is 9.50. The second kappa shape index (κ2) is 9.02. The van der Waals surface area contributed by atoms with Gasteiger partial charge in [-0.05, 0) is 30.3 Å². The molecule has 0 radical (unpaired) electrons. The van der Waals surface area contributed by atoms with Gasteiger partial charge in [0.2, 0.25) is 11.7 Å². The van der Waals surface area contributed by atoms with Crippen molar-refractivity contribution in [3.63, 3.8) is 0 Å². The van der Waals surface area contributed by atoms with E-state index in [-0.39, 0.29) is 18.5 Å². The van der Waals surface area contributed by atoms with E-state index in [1.54, 1.807) is 19.2 Å². The Hall–Kier alpha value is -2.97. The average molecular weight is 398 g/mol. The van der Waals surface area contributed by atoms with E-state index in [2.05, 4.69) is 26.4 Å². The highest BCUT2D eigenvalue weighted by Crippen LogP contribution is 2.31. The standard InChI is InChI=1S/C21H23FN4O3/c1-27-19-5-3-2-4-17(19)18-12-23-10-11-26(18)13-21-24-20(25-29-21)14-28-16-8-6-15(22)7-9-16/h2-9,18,23H,10-14H2,1H3. The van der Waals surface area contributed by atoms with Crippen LogP contribution in [0, 0.1) is 5.82 Å². The fourth-order valence-corrected chi connectivity index (χ4v) is 3.45. The van der Waals surface area contributed by atoms with Crippen molar-refractivity contribution in [3.8, 4) is 11.5 Å². The third kappa shape index (κ3) is 4.72. The van der Waals surface area contributed by atoms with Gasteiger partial charge in [0.15, 0.2) is 6.61 Å². The van der Waals surface area contributed by atoms with E-state index in [1.165, 1.54) is 12.1 Å². The van der Waals surface area contributed by atoms with Crippen molar-refractivity contribution in [1.82, 2.24) is 20.4 Å². The molecule has 1 atom stereocenters. The second-order valence-corrected chi connectivity index (χ2v) is 6.78. The summed E-state index contributed by atoms with van der Waals surface area (Å²) in [6.45, 7) is 3.25. The highest BCUT2D eigenvalue weighted by Gasteiger charge is 2.27. The molecule has 1 aliphatic heterocycles. The molecule has 4 rings (SSSR count). The van der Waals surface area contributed by atoms with Crippen LogP contribution >= 0.6 is 0 Å². The monoisotopic (exact) mass is 398 g/mol. The third-order valence-corrected chi connectivity index (χ3v) is 4.88. The summed E-state index contributed by atoms with van der Waals surface area (Å²) >= 11 is 0. The minimum absolute atomic E-state index is 0.144. The SMILES string of the molecule is COc1ccccc1C1CNCCN1Cc1nc(COc2ccc(F)cc2)no1. The van der Waals surface area contributed by atoms with Crippen molar-refractivity contribution in [3.05, 3.63) is 71.6 Å². The number of halogens is 1. The molecule has 0 aliphatic carbocycles. The minimum atomic E-state index is -0.306. The average Bonchev–Trinajstić information content (AvgIpc) is 3.21. The van der Waals surface area contributed by atoms with Crippen LogP contribution in [0.1, 0.15) is 23.3 Å². The van der Waals surface area contributed by atoms with Crippen molar-refractivity contribution in [2.24, 2.45) is 0 Å².